The number of hydrogen-bond acceptors (Lipinski definition) is 2. The molecule has 0 heterocycles. The first-order valence-electron chi connectivity index (χ1n) is 13.1. The van der Waals surface area contributed by atoms with E-state index in [1.807, 2.05) is 7.11 Å². The number of aliphatic hydroxyl groups excluding tert-OH is 1. The van der Waals surface area contributed by atoms with E-state index in [0.29, 0.717) is 40.1 Å². The van der Waals surface area contributed by atoms with Gasteiger partial charge in [0.15, 0.2) is 0 Å². The largest absolute Gasteiger partial charge is 0.389 e. The van der Waals surface area contributed by atoms with Crippen molar-refractivity contribution in [1.82, 2.24) is 0 Å². The number of allylic oxidation sites excluding steroid dienone is 1. The molecule has 5 saturated carbocycles. The van der Waals surface area contributed by atoms with Gasteiger partial charge < -0.3 is 9.84 Å². The second-order valence-corrected chi connectivity index (χ2v) is 12.9. The van der Waals surface area contributed by atoms with Gasteiger partial charge in [-0.3, -0.25) is 0 Å². The minimum absolute atomic E-state index is 0.299. The number of hydrogen-bond donors (Lipinski definition) is 1. The van der Waals surface area contributed by atoms with Gasteiger partial charge in [-0.05, 0) is 104 Å². The van der Waals surface area contributed by atoms with Crippen molar-refractivity contribution in [3.8, 4) is 0 Å². The van der Waals surface area contributed by atoms with Crippen molar-refractivity contribution in [2.24, 2.45) is 57.7 Å². The Labute approximate surface area is 185 Å². The SMILES string of the molecule is CO[C@@H]1C[C@H]2[C@@H]3CC[C@H]([C@H](C)[C@@H](O)/C=C/C(C)C)[C@@]3(C)CC[C@@H]2[C@@]2(C)CC[C@H]3C[C@]312. The molecule has 5 aliphatic rings. The summed E-state index contributed by atoms with van der Waals surface area (Å²) >= 11 is 0. The third-order valence-electron chi connectivity index (χ3n) is 11.8. The standard InChI is InChI=1S/C28H46O2/c1-17(2)7-10-24(29)18(3)21-8-9-22-20-15-25(30-6)28-16-19(28)11-14-27(28,5)23(20)12-13-26(21,22)4/h7,10,17-25,29H,8-9,11-16H2,1-6H3/b10-7+/t18-,19-,20-,21+,22-,23-,24-,25+,26+,27+,28-/m0/s1. The van der Waals surface area contributed by atoms with Crippen molar-refractivity contribution < 1.29 is 9.84 Å². The van der Waals surface area contributed by atoms with Crippen molar-refractivity contribution in [3.63, 3.8) is 0 Å². The smallest absolute Gasteiger partial charge is 0.0749 e. The van der Waals surface area contributed by atoms with E-state index in [1.54, 1.807) is 0 Å². The third kappa shape index (κ3) is 2.68. The van der Waals surface area contributed by atoms with E-state index < -0.39 is 0 Å². The molecule has 0 bridgehead atoms. The molecule has 0 radical (unpaired) electrons. The Morgan fingerprint density at radius 1 is 0.967 bits per heavy atom. The van der Waals surface area contributed by atoms with Crippen LogP contribution in [0.2, 0.25) is 0 Å². The van der Waals surface area contributed by atoms with Crippen molar-refractivity contribution in [3.05, 3.63) is 12.2 Å². The fourth-order valence-corrected chi connectivity index (χ4v) is 10.2. The normalized spacial score (nSPS) is 53.9. The van der Waals surface area contributed by atoms with Gasteiger partial charge in [0, 0.05) is 12.5 Å². The number of methoxy groups -OCH3 is 1. The zero-order valence-corrected chi connectivity index (χ0v) is 20.4. The minimum atomic E-state index is -0.299. The van der Waals surface area contributed by atoms with Crippen LogP contribution in [-0.2, 0) is 4.74 Å². The molecule has 2 nitrogen and oxygen atoms in total. The zero-order chi connectivity index (χ0) is 21.5. The van der Waals surface area contributed by atoms with Crippen molar-refractivity contribution >= 4 is 0 Å². The molecule has 1 N–H and O–H groups in total. The van der Waals surface area contributed by atoms with Crippen LogP contribution in [0.4, 0.5) is 0 Å². The molecule has 0 aromatic rings. The Morgan fingerprint density at radius 3 is 2.40 bits per heavy atom. The second kappa shape index (κ2) is 7.08. The van der Waals surface area contributed by atoms with Gasteiger partial charge in [-0.1, -0.05) is 46.8 Å². The molecule has 0 amide bonds. The van der Waals surface area contributed by atoms with Gasteiger partial charge in [-0.25, -0.2) is 0 Å². The quantitative estimate of drug-likeness (QED) is 0.522. The molecule has 0 aromatic heterocycles. The highest BCUT2D eigenvalue weighted by Gasteiger charge is 2.77. The molecule has 0 saturated heterocycles. The van der Waals surface area contributed by atoms with Crippen LogP contribution in [0.25, 0.3) is 0 Å². The summed E-state index contributed by atoms with van der Waals surface area (Å²) < 4.78 is 6.26. The van der Waals surface area contributed by atoms with Crippen LogP contribution in [0.15, 0.2) is 12.2 Å². The lowest BCUT2D eigenvalue weighted by Gasteiger charge is -2.61. The van der Waals surface area contributed by atoms with Crippen LogP contribution in [0, 0.1) is 57.7 Å². The maximum atomic E-state index is 10.9. The molecule has 30 heavy (non-hydrogen) atoms. The fraction of sp³-hybridized carbons (Fsp3) is 0.929. The minimum Gasteiger partial charge on any atom is -0.389 e. The molecule has 0 unspecified atom stereocenters. The molecule has 0 aromatic carbocycles. The van der Waals surface area contributed by atoms with Gasteiger partial charge in [0.1, 0.15) is 0 Å². The topological polar surface area (TPSA) is 29.5 Å². The van der Waals surface area contributed by atoms with E-state index in [2.05, 4.69) is 46.8 Å². The van der Waals surface area contributed by atoms with Gasteiger partial charge in [-0.15, -0.1) is 0 Å². The van der Waals surface area contributed by atoms with E-state index in [4.69, 9.17) is 4.74 Å². The van der Waals surface area contributed by atoms with Gasteiger partial charge in [-0.2, -0.15) is 0 Å². The van der Waals surface area contributed by atoms with Crippen LogP contribution in [-0.4, -0.2) is 24.4 Å². The van der Waals surface area contributed by atoms with Crippen molar-refractivity contribution in [2.45, 2.75) is 98.2 Å². The van der Waals surface area contributed by atoms with E-state index >= 15 is 0 Å². The molecule has 11 atom stereocenters. The summed E-state index contributed by atoms with van der Waals surface area (Å²) in [5.41, 5.74) is 1.44. The number of fused-ring (bicyclic) bond motifs is 4. The summed E-state index contributed by atoms with van der Waals surface area (Å²) in [6, 6.07) is 0. The van der Waals surface area contributed by atoms with E-state index in [1.165, 1.54) is 51.4 Å². The third-order valence-corrected chi connectivity index (χ3v) is 11.8. The zero-order valence-electron chi connectivity index (χ0n) is 20.4. The first-order chi connectivity index (χ1) is 14.2. The lowest BCUT2D eigenvalue weighted by Crippen LogP contribution is -2.57. The predicted molar refractivity (Wildman–Crippen MR) is 123 cm³/mol. The highest BCUT2D eigenvalue weighted by Crippen LogP contribution is 2.82. The van der Waals surface area contributed by atoms with Crippen LogP contribution in [0.3, 0.4) is 0 Å². The van der Waals surface area contributed by atoms with E-state index in [0.717, 1.165) is 23.7 Å². The summed E-state index contributed by atoms with van der Waals surface area (Å²) in [6.45, 7) is 12.0. The van der Waals surface area contributed by atoms with Gasteiger partial charge >= 0.3 is 0 Å². The summed E-state index contributed by atoms with van der Waals surface area (Å²) in [5.74, 6) is 5.05. The molecular formula is C28H46O2. The number of aliphatic hydroxyl groups is 1. The Morgan fingerprint density at radius 2 is 1.73 bits per heavy atom. The summed E-state index contributed by atoms with van der Waals surface area (Å²) in [6.07, 6.45) is 15.6. The molecule has 170 valence electrons. The molecule has 1 spiro atoms. The molecule has 5 fully saturated rings. The van der Waals surface area contributed by atoms with E-state index in [9.17, 15) is 5.11 Å². The maximum Gasteiger partial charge on any atom is 0.0749 e. The Bertz CT molecular complexity index is 699. The monoisotopic (exact) mass is 414 g/mol. The highest BCUT2D eigenvalue weighted by atomic mass is 16.5. The van der Waals surface area contributed by atoms with Crippen LogP contribution >= 0.6 is 0 Å². The van der Waals surface area contributed by atoms with E-state index in [-0.39, 0.29) is 6.10 Å². The molecule has 5 aliphatic carbocycles. The first kappa shape index (κ1) is 21.5. The average Bonchev–Trinajstić information content (AvgIpc) is 3.22. The Kier molecular flexibility index (Phi) is 5.07. The molecule has 2 heteroatoms. The molecule has 0 aliphatic heterocycles. The average molecular weight is 415 g/mol. The Balaban J connectivity index is 1.40. The lowest BCUT2D eigenvalue weighted by atomic mass is 9.45. The van der Waals surface area contributed by atoms with Gasteiger partial charge in [0.25, 0.3) is 0 Å². The Hall–Kier alpha value is -0.340. The van der Waals surface area contributed by atoms with Crippen molar-refractivity contribution in [2.75, 3.05) is 7.11 Å². The maximum absolute atomic E-state index is 10.9. The molecule has 5 rings (SSSR count). The molecular weight excluding hydrogens is 368 g/mol. The number of rotatable bonds is 5. The highest BCUT2D eigenvalue weighted by molar-refractivity contribution is 5.26. The first-order valence-corrected chi connectivity index (χ1v) is 13.1. The summed E-state index contributed by atoms with van der Waals surface area (Å²) in [5, 5.41) is 10.9. The summed E-state index contributed by atoms with van der Waals surface area (Å²) in [7, 11) is 1.99. The predicted octanol–water partition coefficient (Wildman–Crippen LogP) is 6.48. The van der Waals surface area contributed by atoms with Crippen LogP contribution < -0.4 is 0 Å². The fourth-order valence-electron chi connectivity index (χ4n) is 10.2. The number of ether oxygens (including phenoxy) is 1. The van der Waals surface area contributed by atoms with Crippen LogP contribution in [0.5, 0.6) is 0 Å². The van der Waals surface area contributed by atoms with Crippen LogP contribution in [0.1, 0.15) is 86.0 Å². The van der Waals surface area contributed by atoms with Gasteiger partial charge in [0.2, 0.25) is 0 Å². The summed E-state index contributed by atoms with van der Waals surface area (Å²) in [4.78, 5) is 0. The lowest BCUT2D eigenvalue weighted by molar-refractivity contribution is -0.162. The van der Waals surface area contributed by atoms with Gasteiger partial charge in [0.05, 0.1) is 12.2 Å². The second-order valence-electron chi connectivity index (χ2n) is 12.9. The van der Waals surface area contributed by atoms with Crippen molar-refractivity contribution in [1.29, 1.82) is 0 Å².